The van der Waals surface area contributed by atoms with Gasteiger partial charge in [-0.1, -0.05) is 0 Å². The summed E-state index contributed by atoms with van der Waals surface area (Å²) in [4.78, 5) is 2.40. The molecule has 0 amide bonds. The van der Waals surface area contributed by atoms with Crippen LogP contribution in [0.2, 0.25) is 0 Å². The number of aliphatic hydroxyl groups excluding tert-OH is 1. The van der Waals surface area contributed by atoms with E-state index in [2.05, 4.69) is 19.0 Å². The molecule has 3 unspecified atom stereocenters. The average molecular weight is 211 g/mol. The molecule has 15 heavy (non-hydrogen) atoms. The molecule has 0 aliphatic heterocycles. The summed E-state index contributed by atoms with van der Waals surface area (Å²) in [6.07, 6.45) is 8.07. The first-order valence-electron chi connectivity index (χ1n) is 6.48. The standard InChI is InChI=1S/C13H25NO/c1-14(2)13-6-5-11-7-10(9-15)3-4-12(11)8-13/h10-13,15H,3-9H2,1-2H3/t10?,11-,12?,13?/m1/s1. The minimum Gasteiger partial charge on any atom is -0.396 e. The zero-order valence-corrected chi connectivity index (χ0v) is 10.2. The van der Waals surface area contributed by atoms with E-state index < -0.39 is 0 Å². The molecular weight excluding hydrogens is 186 g/mol. The van der Waals surface area contributed by atoms with Gasteiger partial charge in [0, 0.05) is 12.6 Å². The quantitative estimate of drug-likeness (QED) is 0.756. The van der Waals surface area contributed by atoms with Crippen molar-refractivity contribution in [3.8, 4) is 0 Å². The second-order valence-electron chi connectivity index (χ2n) is 5.81. The molecule has 88 valence electrons. The number of fused-ring (bicyclic) bond motifs is 1. The first-order chi connectivity index (χ1) is 7.20. The van der Waals surface area contributed by atoms with Crippen molar-refractivity contribution in [3.63, 3.8) is 0 Å². The number of nitrogens with zero attached hydrogens (tertiary/aromatic N) is 1. The van der Waals surface area contributed by atoms with Crippen LogP contribution < -0.4 is 0 Å². The normalized spacial score (nSPS) is 41.6. The molecule has 2 aliphatic rings. The summed E-state index contributed by atoms with van der Waals surface area (Å²) in [7, 11) is 4.43. The summed E-state index contributed by atoms with van der Waals surface area (Å²) in [5, 5.41) is 9.21. The van der Waals surface area contributed by atoms with Gasteiger partial charge in [-0.05, 0) is 70.4 Å². The Labute approximate surface area is 93.7 Å². The van der Waals surface area contributed by atoms with Gasteiger partial charge in [0.05, 0.1) is 0 Å². The van der Waals surface area contributed by atoms with E-state index >= 15 is 0 Å². The Bertz CT molecular complexity index is 205. The molecular formula is C13H25NO. The lowest BCUT2D eigenvalue weighted by molar-refractivity contribution is 0.0590. The molecule has 2 nitrogen and oxygen atoms in total. The van der Waals surface area contributed by atoms with E-state index in [4.69, 9.17) is 0 Å². The zero-order valence-electron chi connectivity index (χ0n) is 10.2. The summed E-state index contributed by atoms with van der Waals surface area (Å²) in [5.74, 6) is 2.49. The maximum absolute atomic E-state index is 9.21. The predicted octanol–water partition coefficient (Wildman–Crippen LogP) is 2.13. The maximum Gasteiger partial charge on any atom is 0.0459 e. The highest BCUT2D eigenvalue weighted by Crippen LogP contribution is 2.43. The van der Waals surface area contributed by atoms with Gasteiger partial charge in [-0.15, -0.1) is 0 Å². The molecule has 2 fully saturated rings. The molecule has 0 spiro atoms. The third-order valence-electron chi connectivity index (χ3n) is 4.68. The van der Waals surface area contributed by atoms with E-state index in [1.165, 1.54) is 38.5 Å². The largest absolute Gasteiger partial charge is 0.396 e. The van der Waals surface area contributed by atoms with Crippen LogP contribution in [-0.2, 0) is 0 Å². The van der Waals surface area contributed by atoms with Crippen LogP contribution in [0.5, 0.6) is 0 Å². The van der Waals surface area contributed by atoms with E-state index in [9.17, 15) is 5.11 Å². The van der Waals surface area contributed by atoms with Gasteiger partial charge in [0.2, 0.25) is 0 Å². The molecule has 2 aliphatic carbocycles. The van der Waals surface area contributed by atoms with Crippen LogP contribution in [0.1, 0.15) is 38.5 Å². The molecule has 2 rings (SSSR count). The summed E-state index contributed by atoms with van der Waals surface area (Å²) in [5.41, 5.74) is 0. The Morgan fingerprint density at radius 2 is 1.67 bits per heavy atom. The maximum atomic E-state index is 9.21. The van der Waals surface area contributed by atoms with Crippen molar-refractivity contribution in [3.05, 3.63) is 0 Å². The SMILES string of the molecule is CN(C)C1CC[C@@H]2CC(CO)CCC2C1. The van der Waals surface area contributed by atoms with E-state index in [-0.39, 0.29) is 0 Å². The van der Waals surface area contributed by atoms with Crippen LogP contribution in [-0.4, -0.2) is 36.8 Å². The summed E-state index contributed by atoms with van der Waals surface area (Å²) >= 11 is 0. The minimum atomic E-state index is 0.417. The Hall–Kier alpha value is -0.0800. The van der Waals surface area contributed by atoms with Crippen molar-refractivity contribution < 1.29 is 5.11 Å². The highest BCUT2D eigenvalue weighted by atomic mass is 16.3. The topological polar surface area (TPSA) is 23.5 Å². The first-order valence-corrected chi connectivity index (χ1v) is 6.48. The van der Waals surface area contributed by atoms with Crippen molar-refractivity contribution in [1.29, 1.82) is 0 Å². The highest BCUT2D eigenvalue weighted by molar-refractivity contribution is 4.88. The van der Waals surface area contributed by atoms with Crippen LogP contribution in [0.15, 0.2) is 0 Å². The Morgan fingerprint density at radius 3 is 2.33 bits per heavy atom. The van der Waals surface area contributed by atoms with Gasteiger partial charge in [-0.2, -0.15) is 0 Å². The molecule has 0 radical (unpaired) electrons. The van der Waals surface area contributed by atoms with Crippen LogP contribution in [0.25, 0.3) is 0 Å². The van der Waals surface area contributed by atoms with Gasteiger partial charge >= 0.3 is 0 Å². The van der Waals surface area contributed by atoms with Crippen molar-refractivity contribution in [2.75, 3.05) is 20.7 Å². The minimum absolute atomic E-state index is 0.417. The fourth-order valence-electron chi connectivity index (χ4n) is 3.60. The van der Waals surface area contributed by atoms with Gasteiger partial charge in [-0.3, -0.25) is 0 Å². The second-order valence-corrected chi connectivity index (χ2v) is 5.81. The van der Waals surface area contributed by atoms with Gasteiger partial charge < -0.3 is 10.0 Å². The number of rotatable bonds is 2. The van der Waals surface area contributed by atoms with Crippen molar-refractivity contribution in [2.24, 2.45) is 17.8 Å². The molecule has 2 saturated carbocycles. The lowest BCUT2D eigenvalue weighted by atomic mass is 9.66. The van der Waals surface area contributed by atoms with Crippen LogP contribution in [0, 0.1) is 17.8 Å². The molecule has 0 aromatic heterocycles. The fraction of sp³-hybridized carbons (Fsp3) is 1.00. The second kappa shape index (κ2) is 4.84. The van der Waals surface area contributed by atoms with Gasteiger partial charge in [0.15, 0.2) is 0 Å². The Morgan fingerprint density at radius 1 is 1.00 bits per heavy atom. The molecule has 0 saturated heterocycles. The lowest BCUT2D eigenvalue weighted by Gasteiger charge is -2.43. The Balaban J connectivity index is 1.89. The monoisotopic (exact) mass is 211 g/mol. The van der Waals surface area contributed by atoms with E-state index in [0.29, 0.717) is 12.5 Å². The summed E-state index contributed by atoms with van der Waals surface area (Å²) in [6, 6.07) is 0.817. The molecule has 1 N–H and O–H groups in total. The molecule has 0 aromatic rings. The van der Waals surface area contributed by atoms with E-state index in [0.717, 1.165) is 17.9 Å². The zero-order chi connectivity index (χ0) is 10.8. The molecule has 2 heteroatoms. The van der Waals surface area contributed by atoms with Crippen molar-refractivity contribution in [2.45, 2.75) is 44.6 Å². The van der Waals surface area contributed by atoms with Crippen LogP contribution in [0.4, 0.5) is 0 Å². The summed E-state index contributed by atoms with van der Waals surface area (Å²) in [6.45, 7) is 0.417. The van der Waals surface area contributed by atoms with Crippen LogP contribution >= 0.6 is 0 Å². The van der Waals surface area contributed by atoms with Crippen LogP contribution in [0.3, 0.4) is 0 Å². The molecule has 0 heterocycles. The lowest BCUT2D eigenvalue weighted by Crippen LogP contribution is -2.39. The highest BCUT2D eigenvalue weighted by Gasteiger charge is 2.35. The van der Waals surface area contributed by atoms with E-state index in [1.807, 2.05) is 0 Å². The molecule has 0 aromatic carbocycles. The van der Waals surface area contributed by atoms with Gasteiger partial charge in [-0.25, -0.2) is 0 Å². The Kier molecular flexibility index (Phi) is 3.68. The molecule has 0 bridgehead atoms. The number of hydrogen-bond donors (Lipinski definition) is 1. The van der Waals surface area contributed by atoms with Crippen molar-refractivity contribution in [1.82, 2.24) is 4.90 Å². The summed E-state index contributed by atoms with van der Waals surface area (Å²) < 4.78 is 0. The smallest absolute Gasteiger partial charge is 0.0459 e. The van der Waals surface area contributed by atoms with Gasteiger partial charge in [0.25, 0.3) is 0 Å². The predicted molar refractivity (Wildman–Crippen MR) is 62.7 cm³/mol. The first kappa shape index (κ1) is 11.4. The third kappa shape index (κ3) is 2.54. The third-order valence-corrected chi connectivity index (χ3v) is 4.68. The number of aliphatic hydroxyl groups is 1. The van der Waals surface area contributed by atoms with Crippen molar-refractivity contribution >= 4 is 0 Å². The van der Waals surface area contributed by atoms with Gasteiger partial charge in [0.1, 0.15) is 0 Å². The molecule has 4 atom stereocenters. The fourth-order valence-corrected chi connectivity index (χ4v) is 3.60. The average Bonchev–Trinajstić information content (AvgIpc) is 2.27. The van der Waals surface area contributed by atoms with E-state index in [1.54, 1.807) is 0 Å². The number of hydrogen-bond acceptors (Lipinski definition) is 2.